The van der Waals surface area contributed by atoms with Crippen LogP contribution in [0.25, 0.3) is 0 Å². The van der Waals surface area contributed by atoms with E-state index in [0.29, 0.717) is 19.5 Å². The van der Waals surface area contributed by atoms with Crippen LogP contribution in [-0.4, -0.2) is 36.5 Å². The van der Waals surface area contributed by atoms with Crippen LogP contribution in [0.15, 0.2) is 0 Å². The van der Waals surface area contributed by atoms with Gasteiger partial charge in [-0.05, 0) is 32.7 Å². The molecular formula is C11H19N3O. The van der Waals surface area contributed by atoms with Crippen molar-refractivity contribution in [2.45, 2.75) is 38.6 Å². The highest BCUT2D eigenvalue weighted by atomic mass is 16.1. The van der Waals surface area contributed by atoms with Gasteiger partial charge in [-0.25, -0.2) is 0 Å². The molecule has 1 N–H and O–H groups in total. The molecule has 1 unspecified atom stereocenters. The zero-order chi connectivity index (χ0) is 11.1. The molecule has 0 aromatic heterocycles. The van der Waals surface area contributed by atoms with Gasteiger partial charge < -0.3 is 5.32 Å². The first kappa shape index (κ1) is 12.0. The largest absolute Gasteiger partial charge is 0.356 e. The standard InChI is InChI=1S/C11H19N3O/c1-2-13-11(15)6-8-14-7-4-3-5-10(14)9-12/h10H,2-8H2,1H3,(H,13,15). The number of likely N-dealkylation sites (tertiary alicyclic amines) is 1. The van der Waals surface area contributed by atoms with Crippen LogP contribution in [0, 0.1) is 11.3 Å². The quantitative estimate of drug-likeness (QED) is 0.748. The summed E-state index contributed by atoms with van der Waals surface area (Å²) in [5.74, 6) is 0.0831. The van der Waals surface area contributed by atoms with Crippen molar-refractivity contribution >= 4 is 5.91 Å². The van der Waals surface area contributed by atoms with Gasteiger partial charge in [-0.2, -0.15) is 5.26 Å². The second-order valence-corrected chi connectivity index (χ2v) is 3.88. The summed E-state index contributed by atoms with van der Waals surface area (Å²) in [6.45, 7) is 4.26. The summed E-state index contributed by atoms with van der Waals surface area (Å²) in [4.78, 5) is 13.4. The molecule has 0 spiro atoms. The van der Waals surface area contributed by atoms with Crippen LogP contribution >= 0.6 is 0 Å². The minimum atomic E-state index is 0.0215. The third-order valence-electron chi connectivity index (χ3n) is 2.76. The maximum absolute atomic E-state index is 11.3. The number of carbonyl (C=O) groups is 1. The Balaban J connectivity index is 2.30. The molecule has 0 bridgehead atoms. The molecule has 1 atom stereocenters. The maximum Gasteiger partial charge on any atom is 0.221 e. The van der Waals surface area contributed by atoms with Gasteiger partial charge in [-0.3, -0.25) is 9.69 Å². The van der Waals surface area contributed by atoms with Crippen molar-refractivity contribution in [2.24, 2.45) is 0 Å². The molecule has 1 aliphatic heterocycles. The highest BCUT2D eigenvalue weighted by Crippen LogP contribution is 2.16. The van der Waals surface area contributed by atoms with Gasteiger partial charge in [0.15, 0.2) is 0 Å². The topological polar surface area (TPSA) is 56.1 Å². The maximum atomic E-state index is 11.3. The fourth-order valence-corrected chi connectivity index (χ4v) is 1.94. The van der Waals surface area contributed by atoms with Crippen molar-refractivity contribution in [1.82, 2.24) is 10.2 Å². The minimum Gasteiger partial charge on any atom is -0.356 e. The molecule has 1 heterocycles. The lowest BCUT2D eigenvalue weighted by Gasteiger charge is -2.30. The molecule has 1 saturated heterocycles. The third kappa shape index (κ3) is 3.88. The lowest BCUT2D eigenvalue weighted by atomic mass is 10.0. The number of carbonyl (C=O) groups excluding carboxylic acids is 1. The predicted molar refractivity (Wildman–Crippen MR) is 58.1 cm³/mol. The van der Waals surface area contributed by atoms with Crippen molar-refractivity contribution in [3.63, 3.8) is 0 Å². The van der Waals surface area contributed by atoms with Crippen LogP contribution in [-0.2, 0) is 4.79 Å². The number of hydrogen-bond acceptors (Lipinski definition) is 3. The fourth-order valence-electron chi connectivity index (χ4n) is 1.94. The van der Waals surface area contributed by atoms with E-state index in [1.807, 2.05) is 6.92 Å². The second kappa shape index (κ2) is 6.41. The van der Waals surface area contributed by atoms with Crippen LogP contribution in [0.5, 0.6) is 0 Å². The SMILES string of the molecule is CCNC(=O)CCN1CCCCC1C#N. The predicted octanol–water partition coefficient (Wildman–Crippen LogP) is 0.891. The van der Waals surface area contributed by atoms with Gasteiger partial charge in [0.1, 0.15) is 0 Å². The number of amides is 1. The lowest BCUT2D eigenvalue weighted by Crippen LogP contribution is -2.40. The zero-order valence-corrected chi connectivity index (χ0v) is 9.33. The summed E-state index contributed by atoms with van der Waals surface area (Å²) >= 11 is 0. The van der Waals surface area contributed by atoms with Gasteiger partial charge >= 0.3 is 0 Å². The van der Waals surface area contributed by atoms with Crippen LogP contribution in [0.2, 0.25) is 0 Å². The normalized spacial score (nSPS) is 22.0. The van der Waals surface area contributed by atoms with Crippen LogP contribution in [0.4, 0.5) is 0 Å². The molecule has 15 heavy (non-hydrogen) atoms. The average Bonchev–Trinajstić information content (AvgIpc) is 2.27. The molecular weight excluding hydrogens is 190 g/mol. The molecule has 4 nitrogen and oxygen atoms in total. The van der Waals surface area contributed by atoms with Gasteiger partial charge in [0, 0.05) is 19.5 Å². The summed E-state index contributed by atoms with van der Waals surface area (Å²) in [5, 5.41) is 11.7. The monoisotopic (exact) mass is 209 g/mol. The summed E-state index contributed by atoms with van der Waals surface area (Å²) < 4.78 is 0. The third-order valence-corrected chi connectivity index (χ3v) is 2.76. The Morgan fingerprint density at radius 1 is 1.60 bits per heavy atom. The first-order chi connectivity index (χ1) is 7.27. The van der Waals surface area contributed by atoms with Crippen molar-refractivity contribution in [1.29, 1.82) is 5.26 Å². The van der Waals surface area contributed by atoms with Crippen molar-refractivity contribution in [2.75, 3.05) is 19.6 Å². The average molecular weight is 209 g/mol. The van der Waals surface area contributed by atoms with E-state index in [2.05, 4.69) is 16.3 Å². The zero-order valence-electron chi connectivity index (χ0n) is 9.33. The highest BCUT2D eigenvalue weighted by Gasteiger charge is 2.21. The van der Waals surface area contributed by atoms with Gasteiger partial charge in [0.05, 0.1) is 12.1 Å². The van der Waals surface area contributed by atoms with Crippen LogP contribution in [0.1, 0.15) is 32.6 Å². The summed E-state index contributed by atoms with van der Waals surface area (Å²) in [5.41, 5.74) is 0. The van der Waals surface area contributed by atoms with E-state index in [9.17, 15) is 4.79 Å². The first-order valence-corrected chi connectivity index (χ1v) is 5.68. The van der Waals surface area contributed by atoms with E-state index in [0.717, 1.165) is 25.8 Å². The van der Waals surface area contributed by atoms with Crippen molar-refractivity contribution in [3.05, 3.63) is 0 Å². The van der Waals surface area contributed by atoms with Crippen LogP contribution < -0.4 is 5.32 Å². The summed E-state index contributed by atoms with van der Waals surface area (Å²) in [6.07, 6.45) is 3.74. The number of piperidine rings is 1. The van der Waals surface area contributed by atoms with E-state index in [1.54, 1.807) is 0 Å². The second-order valence-electron chi connectivity index (χ2n) is 3.88. The van der Waals surface area contributed by atoms with Gasteiger partial charge in [-0.1, -0.05) is 0 Å². The van der Waals surface area contributed by atoms with E-state index < -0.39 is 0 Å². The Morgan fingerprint density at radius 2 is 2.40 bits per heavy atom. The molecule has 4 heteroatoms. The molecule has 0 aliphatic carbocycles. The van der Waals surface area contributed by atoms with Crippen LogP contribution in [0.3, 0.4) is 0 Å². The molecule has 0 saturated carbocycles. The summed E-state index contributed by atoms with van der Waals surface area (Å²) in [7, 11) is 0. The number of rotatable bonds is 4. The number of nitrogens with one attached hydrogen (secondary N) is 1. The minimum absolute atomic E-state index is 0.0215. The number of hydrogen-bond donors (Lipinski definition) is 1. The van der Waals surface area contributed by atoms with Gasteiger partial charge in [0.2, 0.25) is 5.91 Å². The van der Waals surface area contributed by atoms with Gasteiger partial charge in [-0.15, -0.1) is 0 Å². The van der Waals surface area contributed by atoms with E-state index in [1.165, 1.54) is 0 Å². The molecule has 1 aliphatic rings. The van der Waals surface area contributed by atoms with Crippen molar-refractivity contribution < 1.29 is 4.79 Å². The first-order valence-electron chi connectivity index (χ1n) is 5.68. The Morgan fingerprint density at radius 3 is 3.07 bits per heavy atom. The molecule has 0 aromatic carbocycles. The highest BCUT2D eigenvalue weighted by molar-refractivity contribution is 5.75. The molecule has 1 fully saturated rings. The molecule has 0 aromatic rings. The van der Waals surface area contributed by atoms with E-state index in [-0.39, 0.29) is 11.9 Å². The van der Waals surface area contributed by atoms with Gasteiger partial charge in [0.25, 0.3) is 0 Å². The van der Waals surface area contributed by atoms with E-state index in [4.69, 9.17) is 5.26 Å². The number of nitriles is 1. The Kier molecular flexibility index (Phi) is 5.13. The molecule has 84 valence electrons. The molecule has 0 radical (unpaired) electrons. The molecule has 1 rings (SSSR count). The molecule has 1 amide bonds. The lowest BCUT2D eigenvalue weighted by molar-refractivity contribution is -0.121. The fraction of sp³-hybridized carbons (Fsp3) is 0.818. The Labute approximate surface area is 91.2 Å². The number of nitrogens with zero attached hydrogens (tertiary/aromatic N) is 2. The smallest absolute Gasteiger partial charge is 0.221 e. The van der Waals surface area contributed by atoms with E-state index >= 15 is 0 Å². The van der Waals surface area contributed by atoms with Crippen molar-refractivity contribution in [3.8, 4) is 6.07 Å². The summed E-state index contributed by atoms with van der Waals surface area (Å²) in [6, 6.07) is 2.33. The Hall–Kier alpha value is -1.08. The Bertz CT molecular complexity index is 247.